The summed E-state index contributed by atoms with van der Waals surface area (Å²) in [5.41, 5.74) is 6.72. The van der Waals surface area contributed by atoms with E-state index in [2.05, 4.69) is 10.6 Å². The quantitative estimate of drug-likeness (QED) is 0.562. The van der Waals surface area contributed by atoms with Crippen LogP contribution in [0.15, 0.2) is 52.9 Å². The van der Waals surface area contributed by atoms with Crippen LogP contribution in [0.3, 0.4) is 0 Å². The maximum absolute atomic E-state index is 12.2. The van der Waals surface area contributed by atoms with Gasteiger partial charge in [0.1, 0.15) is 17.0 Å². The number of nitrogens with one attached hydrogen (secondary N) is 2. The smallest absolute Gasteiger partial charge is 0.313 e. The van der Waals surface area contributed by atoms with Crippen LogP contribution in [0.2, 0.25) is 0 Å². The van der Waals surface area contributed by atoms with E-state index in [0.29, 0.717) is 23.1 Å². The summed E-state index contributed by atoms with van der Waals surface area (Å²) in [4.78, 5) is 35.9. The van der Waals surface area contributed by atoms with Gasteiger partial charge in [-0.1, -0.05) is 24.3 Å². The largest absolute Gasteiger partial charge is 0.497 e. The molecule has 0 bridgehead atoms. The lowest BCUT2D eigenvalue weighted by atomic mass is 10.1. The third-order valence-electron chi connectivity index (χ3n) is 4.10. The fraction of sp³-hybridized carbons (Fsp3) is 0.150. The fourth-order valence-corrected chi connectivity index (χ4v) is 2.74. The van der Waals surface area contributed by atoms with E-state index in [-0.39, 0.29) is 18.0 Å². The summed E-state index contributed by atoms with van der Waals surface area (Å²) in [6.07, 6.45) is 0.525. The van der Waals surface area contributed by atoms with E-state index in [1.54, 1.807) is 31.4 Å². The van der Waals surface area contributed by atoms with E-state index in [9.17, 15) is 14.4 Å². The minimum atomic E-state index is -0.917. The van der Waals surface area contributed by atoms with Crippen molar-refractivity contribution in [3.8, 4) is 5.75 Å². The molecule has 0 aliphatic heterocycles. The number of carbonyl (C=O) groups excluding carboxylic acids is 3. The van der Waals surface area contributed by atoms with Crippen LogP contribution in [0.25, 0.3) is 11.0 Å². The van der Waals surface area contributed by atoms with E-state index in [1.165, 1.54) is 0 Å². The first kappa shape index (κ1) is 19.0. The van der Waals surface area contributed by atoms with Crippen LogP contribution < -0.4 is 21.1 Å². The Hall–Kier alpha value is -3.81. The number of hydrogen-bond acceptors (Lipinski definition) is 5. The van der Waals surface area contributed by atoms with Gasteiger partial charge in [0.05, 0.1) is 7.11 Å². The normalized spacial score (nSPS) is 10.5. The molecule has 0 saturated carbocycles. The number of methoxy groups -OCH3 is 1. The average molecular weight is 381 g/mol. The maximum Gasteiger partial charge on any atom is 0.313 e. The number of fused-ring (bicyclic) bond motifs is 1. The van der Waals surface area contributed by atoms with Crippen molar-refractivity contribution in [2.45, 2.75) is 6.42 Å². The molecule has 0 aliphatic carbocycles. The SMILES string of the molecule is COc1cccc(CCNC(=O)C(=O)Nc2c(C(N)=O)oc3ccccc23)c1. The Morgan fingerprint density at radius 3 is 2.61 bits per heavy atom. The molecule has 0 atom stereocenters. The minimum absolute atomic E-state index is 0.0797. The Labute approximate surface area is 160 Å². The zero-order valence-electron chi connectivity index (χ0n) is 15.2. The van der Waals surface area contributed by atoms with Crippen molar-refractivity contribution in [2.75, 3.05) is 19.0 Å². The summed E-state index contributed by atoms with van der Waals surface area (Å²) in [5.74, 6) is -2.08. The third kappa shape index (κ3) is 4.12. The number of amides is 3. The topological polar surface area (TPSA) is 124 Å². The van der Waals surface area contributed by atoms with Crippen molar-refractivity contribution >= 4 is 34.4 Å². The molecule has 4 N–H and O–H groups in total. The highest BCUT2D eigenvalue weighted by Crippen LogP contribution is 2.30. The van der Waals surface area contributed by atoms with Gasteiger partial charge in [-0.3, -0.25) is 14.4 Å². The van der Waals surface area contributed by atoms with Gasteiger partial charge in [0.25, 0.3) is 5.91 Å². The van der Waals surface area contributed by atoms with Crippen LogP contribution in [0.4, 0.5) is 5.69 Å². The number of rotatable bonds is 6. The van der Waals surface area contributed by atoms with Crippen LogP contribution in [0, 0.1) is 0 Å². The first-order valence-corrected chi connectivity index (χ1v) is 8.53. The maximum atomic E-state index is 12.2. The van der Waals surface area contributed by atoms with Gasteiger partial charge in [0.2, 0.25) is 5.76 Å². The molecular formula is C20H19N3O5. The highest BCUT2D eigenvalue weighted by molar-refractivity contribution is 6.40. The molecule has 0 radical (unpaired) electrons. The molecule has 1 heterocycles. The average Bonchev–Trinajstić information content (AvgIpc) is 3.07. The second-order valence-corrected chi connectivity index (χ2v) is 5.98. The summed E-state index contributed by atoms with van der Waals surface area (Å²) in [6.45, 7) is 0.258. The zero-order valence-corrected chi connectivity index (χ0v) is 15.2. The molecular weight excluding hydrogens is 362 g/mol. The van der Waals surface area contributed by atoms with Crippen molar-refractivity contribution in [3.63, 3.8) is 0 Å². The standard InChI is InChI=1S/C20H19N3O5/c1-27-13-6-4-5-12(11-13)9-10-22-19(25)20(26)23-16-14-7-2-3-8-15(14)28-17(16)18(21)24/h2-8,11H,9-10H2,1H3,(H2,21,24)(H,22,25)(H,23,26). The predicted molar refractivity (Wildman–Crippen MR) is 103 cm³/mol. The highest BCUT2D eigenvalue weighted by Gasteiger charge is 2.22. The number of anilines is 1. The Morgan fingerprint density at radius 1 is 1.07 bits per heavy atom. The van der Waals surface area contributed by atoms with E-state index in [0.717, 1.165) is 5.56 Å². The number of para-hydroxylation sites is 1. The molecule has 8 heteroatoms. The zero-order chi connectivity index (χ0) is 20.1. The number of benzene rings is 2. The Kier molecular flexibility index (Phi) is 5.59. The number of hydrogen-bond donors (Lipinski definition) is 3. The predicted octanol–water partition coefficient (Wildman–Crippen LogP) is 1.84. The Morgan fingerprint density at radius 2 is 1.86 bits per heavy atom. The molecule has 28 heavy (non-hydrogen) atoms. The van der Waals surface area contributed by atoms with E-state index < -0.39 is 17.7 Å². The summed E-state index contributed by atoms with van der Waals surface area (Å²) in [5, 5.41) is 5.44. The molecule has 0 aliphatic rings. The lowest BCUT2D eigenvalue weighted by Crippen LogP contribution is -2.36. The molecule has 144 valence electrons. The van der Waals surface area contributed by atoms with Gasteiger partial charge in [-0.25, -0.2) is 0 Å². The summed E-state index contributed by atoms with van der Waals surface area (Å²) in [7, 11) is 1.57. The number of carbonyl (C=O) groups is 3. The summed E-state index contributed by atoms with van der Waals surface area (Å²) >= 11 is 0. The summed E-state index contributed by atoms with van der Waals surface area (Å²) < 4.78 is 10.5. The van der Waals surface area contributed by atoms with Gasteiger partial charge in [0.15, 0.2) is 0 Å². The van der Waals surface area contributed by atoms with Crippen molar-refractivity contribution in [1.29, 1.82) is 0 Å². The molecule has 0 unspecified atom stereocenters. The first-order valence-electron chi connectivity index (χ1n) is 8.53. The van der Waals surface area contributed by atoms with Crippen molar-refractivity contribution in [1.82, 2.24) is 5.32 Å². The molecule has 0 fully saturated rings. The molecule has 0 spiro atoms. The number of ether oxygens (including phenoxy) is 1. The van der Waals surface area contributed by atoms with Gasteiger partial charge >= 0.3 is 11.8 Å². The molecule has 1 aromatic heterocycles. The van der Waals surface area contributed by atoms with Crippen LogP contribution in [0.1, 0.15) is 16.1 Å². The van der Waals surface area contributed by atoms with Gasteiger partial charge in [-0.2, -0.15) is 0 Å². The van der Waals surface area contributed by atoms with Gasteiger partial charge < -0.3 is 25.5 Å². The number of nitrogens with two attached hydrogens (primary N) is 1. The molecule has 3 amide bonds. The second kappa shape index (κ2) is 8.26. The lowest BCUT2D eigenvalue weighted by Gasteiger charge is -2.07. The van der Waals surface area contributed by atoms with Crippen LogP contribution >= 0.6 is 0 Å². The molecule has 2 aromatic carbocycles. The third-order valence-corrected chi connectivity index (χ3v) is 4.10. The Balaban J connectivity index is 1.64. The van der Waals surface area contributed by atoms with Gasteiger partial charge in [-0.15, -0.1) is 0 Å². The first-order chi connectivity index (χ1) is 13.5. The van der Waals surface area contributed by atoms with Crippen molar-refractivity contribution < 1.29 is 23.5 Å². The number of primary amides is 1. The van der Waals surface area contributed by atoms with E-state index >= 15 is 0 Å². The molecule has 0 saturated heterocycles. The van der Waals surface area contributed by atoms with E-state index in [1.807, 2.05) is 24.3 Å². The van der Waals surface area contributed by atoms with E-state index in [4.69, 9.17) is 14.9 Å². The lowest BCUT2D eigenvalue weighted by molar-refractivity contribution is -0.136. The summed E-state index contributed by atoms with van der Waals surface area (Å²) in [6, 6.07) is 14.1. The minimum Gasteiger partial charge on any atom is -0.497 e. The molecule has 8 nitrogen and oxygen atoms in total. The van der Waals surface area contributed by atoms with Crippen LogP contribution in [-0.4, -0.2) is 31.4 Å². The van der Waals surface area contributed by atoms with Gasteiger partial charge in [0, 0.05) is 11.9 Å². The monoisotopic (exact) mass is 381 g/mol. The second-order valence-electron chi connectivity index (χ2n) is 5.98. The van der Waals surface area contributed by atoms with Crippen molar-refractivity contribution in [3.05, 3.63) is 59.9 Å². The van der Waals surface area contributed by atoms with Crippen molar-refractivity contribution in [2.24, 2.45) is 5.73 Å². The van der Waals surface area contributed by atoms with Gasteiger partial charge in [-0.05, 0) is 36.2 Å². The molecule has 3 rings (SSSR count). The van der Waals surface area contributed by atoms with Crippen LogP contribution in [0.5, 0.6) is 5.75 Å². The van der Waals surface area contributed by atoms with Crippen LogP contribution in [-0.2, 0) is 16.0 Å². The molecule has 3 aromatic rings. The highest BCUT2D eigenvalue weighted by atomic mass is 16.5. The fourth-order valence-electron chi connectivity index (χ4n) is 2.74. The number of furan rings is 1. The Bertz CT molecular complexity index is 1040.